The quantitative estimate of drug-likeness (QED) is 0.843. The summed E-state index contributed by atoms with van der Waals surface area (Å²) in [5.74, 6) is -2.16. The number of carbonyl (C=O) groups excluding carboxylic acids is 1. The van der Waals surface area contributed by atoms with E-state index in [0.717, 1.165) is 18.2 Å². The summed E-state index contributed by atoms with van der Waals surface area (Å²) in [6.45, 7) is 0. The molecule has 5 heteroatoms. The Morgan fingerprint density at radius 2 is 1.95 bits per heavy atom. The molecule has 0 saturated carbocycles. The van der Waals surface area contributed by atoms with Crippen molar-refractivity contribution >= 4 is 11.6 Å². The van der Waals surface area contributed by atoms with E-state index in [1.54, 1.807) is 18.2 Å². The highest BCUT2D eigenvalue weighted by Gasteiger charge is 2.18. The van der Waals surface area contributed by atoms with Crippen LogP contribution >= 0.6 is 0 Å². The lowest BCUT2D eigenvalue weighted by molar-refractivity contribution is 0.0988. The Balaban J connectivity index is 2.37. The summed E-state index contributed by atoms with van der Waals surface area (Å²) >= 11 is 0. The first-order valence-electron chi connectivity index (χ1n) is 5.76. The van der Waals surface area contributed by atoms with E-state index in [1.807, 2.05) is 6.07 Å². The van der Waals surface area contributed by atoms with E-state index in [-0.39, 0.29) is 5.56 Å². The van der Waals surface area contributed by atoms with Crippen LogP contribution in [0.5, 0.6) is 0 Å². The molecule has 0 aliphatic rings. The maximum absolute atomic E-state index is 13.6. The summed E-state index contributed by atoms with van der Waals surface area (Å²) in [5, 5.41) is 8.82. The molecule has 20 heavy (non-hydrogen) atoms. The van der Waals surface area contributed by atoms with E-state index >= 15 is 0 Å². The molecule has 0 radical (unpaired) electrons. The molecule has 0 aromatic heterocycles. The molecule has 0 fully saturated rings. The van der Waals surface area contributed by atoms with Crippen molar-refractivity contribution in [3.8, 4) is 6.07 Å². The van der Waals surface area contributed by atoms with Gasteiger partial charge in [0.2, 0.25) is 0 Å². The molecule has 2 rings (SSSR count). The van der Waals surface area contributed by atoms with Crippen molar-refractivity contribution in [2.75, 3.05) is 11.9 Å². The molecule has 0 saturated heterocycles. The fourth-order valence-electron chi connectivity index (χ4n) is 1.74. The number of rotatable bonds is 2. The Morgan fingerprint density at radius 1 is 1.20 bits per heavy atom. The number of hydrogen-bond donors (Lipinski definition) is 0. The van der Waals surface area contributed by atoms with Gasteiger partial charge >= 0.3 is 0 Å². The number of nitriles is 1. The zero-order valence-corrected chi connectivity index (χ0v) is 10.6. The highest BCUT2D eigenvalue weighted by molar-refractivity contribution is 6.05. The van der Waals surface area contributed by atoms with Crippen LogP contribution in [0.25, 0.3) is 0 Å². The fraction of sp³-hybridized carbons (Fsp3) is 0.0667. The smallest absolute Gasteiger partial charge is 0.261 e. The number of halogens is 2. The number of amides is 1. The Bertz CT molecular complexity index is 707. The lowest BCUT2D eigenvalue weighted by Gasteiger charge is -2.18. The minimum absolute atomic E-state index is 0.352. The van der Waals surface area contributed by atoms with Gasteiger partial charge in [-0.05, 0) is 36.4 Å². The molecule has 0 spiro atoms. The molecule has 0 unspecified atom stereocenters. The predicted octanol–water partition coefficient (Wildman–Crippen LogP) is 3.11. The molecular formula is C15H10F2N2O. The third-order valence-electron chi connectivity index (χ3n) is 2.83. The number of nitrogens with zero attached hydrogens (tertiary/aromatic N) is 2. The van der Waals surface area contributed by atoms with Crippen LogP contribution < -0.4 is 4.90 Å². The fourth-order valence-corrected chi connectivity index (χ4v) is 1.74. The van der Waals surface area contributed by atoms with Crippen molar-refractivity contribution in [3.63, 3.8) is 0 Å². The Hall–Kier alpha value is -2.74. The summed E-state index contributed by atoms with van der Waals surface area (Å²) < 4.78 is 26.7. The predicted molar refractivity (Wildman–Crippen MR) is 70.2 cm³/mol. The van der Waals surface area contributed by atoms with Crippen LogP contribution in [0.3, 0.4) is 0 Å². The van der Waals surface area contributed by atoms with Crippen LogP contribution in [-0.4, -0.2) is 13.0 Å². The summed E-state index contributed by atoms with van der Waals surface area (Å²) in [6.07, 6.45) is 0. The topological polar surface area (TPSA) is 44.1 Å². The molecule has 2 aromatic carbocycles. The molecule has 0 bridgehead atoms. The SMILES string of the molecule is CN(C(=O)c1cc(F)ccc1F)c1cccc(C#N)c1. The van der Waals surface area contributed by atoms with Crippen LogP contribution in [0.1, 0.15) is 15.9 Å². The molecule has 3 nitrogen and oxygen atoms in total. The number of hydrogen-bond acceptors (Lipinski definition) is 2. The molecule has 0 atom stereocenters. The van der Waals surface area contributed by atoms with E-state index in [4.69, 9.17) is 5.26 Å². The van der Waals surface area contributed by atoms with Gasteiger partial charge in [-0.2, -0.15) is 5.26 Å². The van der Waals surface area contributed by atoms with E-state index in [2.05, 4.69) is 0 Å². The molecular weight excluding hydrogens is 262 g/mol. The average Bonchev–Trinajstić information content (AvgIpc) is 2.48. The Morgan fingerprint density at radius 3 is 2.65 bits per heavy atom. The average molecular weight is 272 g/mol. The number of carbonyl (C=O) groups is 1. The summed E-state index contributed by atoms with van der Waals surface area (Å²) in [5.41, 5.74) is 0.453. The van der Waals surface area contributed by atoms with Crippen molar-refractivity contribution in [1.29, 1.82) is 5.26 Å². The lowest BCUT2D eigenvalue weighted by Crippen LogP contribution is -2.27. The normalized spacial score (nSPS) is 9.90. The first-order chi connectivity index (χ1) is 9.52. The van der Waals surface area contributed by atoms with Gasteiger partial charge in [-0.3, -0.25) is 4.79 Å². The lowest BCUT2D eigenvalue weighted by atomic mass is 10.1. The van der Waals surface area contributed by atoms with E-state index in [0.29, 0.717) is 11.3 Å². The van der Waals surface area contributed by atoms with Crippen molar-refractivity contribution in [3.05, 3.63) is 65.2 Å². The second-order valence-electron chi connectivity index (χ2n) is 4.15. The summed E-state index contributed by atoms with van der Waals surface area (Å²) in [4.78, 5) is 13.3. The zero-order chi connectivity index (χ0) is 14.7. The monoisotopic (exact) mass is 272 g/mol. The molecule has 0 aliphatic heterocycles. The van der Waals surface area contributed by atoms with Crippen molar-refractivity contribution in [2.24, 2.45) is 0 Å². The minimum atomic E-state index is -0.792. The first-order valence-corrected chi connectivity index (χ1v) is 5.76. The summed E-state index contributed by atoms with van der Waals surface area (Å²) in [7, 11) is 1.43. The molecule has 100 valence electrons. The van der Waals surface area contributed by atoms with Gasteiger partial charge in [0.25, 0.3) is 5.91 Å². The van der Waals surface area contributed by atoms with Gasteiger partial charge < -0.3 is 4.90 Å². The minimum Gasteiger partial charge on any atom is -0.311 e. The largest absolute Gasteiger partial charge is 0.311 e. The van der Waals surface area contributed by atoms with Gasteiger partial charge in [0.15, 0.2) is 0 Å². The highest BCUT2D eigenvalue weighted by Crippen LogP contribution is 2.19. The van der Waals surface area contributed by atoms with Gasteiger partial charge in [0.05, 0.1) is 17.2 Å². The Labute approximate surface area is 114 Å². The van der Waals surface area contributed by atoms with Crippen molar-refractivity contribution in [2.45, 2.75) is 0 Å². The van der Waals surface area contributed by atoms with E-state index in [1.165, 1.54) is 18.0 Å². The molecule has 2 aromatic rings. The van der Waals surface area contributed by atoms with Gasteiger partial charge in [-0.25, -0.2) is 8.78 Å². The maximum Gasteiger partial charge on any atom is 0.261 e. The van der Waals surface area contributed by atoms with Crippen LogP contribution in [0.2, 0.25) is 0 Å². The molecule has 0 N–H and O–H groups in total. The summed E-state index contributed by atoms with van der Waals surface area (Å²) in [6, 6.07) is 11.0. The third-order valence-corrected chi connectivity index (χ3v) is 2.83. The standard InChI is InChI=1S/C15H10F2N2O/c1-19(12-4-2-3-10(7-12)9-18)15(20)13-8-11(16)5-6-14(13)17/h2-8H,1H3. The Kier molecular flexibility index (Phi) is 3.76. The second kappa shape index (κ2) is 5.49. The van der Waals surface area contributed by atoms with Crippen LogP contribution in [-0.2, 0) is 0 Å². The van der Waals surface area contributed by atoms with Crippen LogP contribution in [0.4, 0.5) is 14.5 Å². The van der Waals surface area contributed by atoms with Gasteiger partial charge in [0, 0.05) is 12.7 Å². The first kappa shape index (κ1) is 13.7. The second-order valence-corrected chi connectivity index (χ2v) is 4.15. The van der Waals surface area contributed by atoms with Crippen LogP contribution in [0.15, 0.2) is 42.5 Å². The molecule has 0 heterocycles. The third kappa shape index (κ3) is 2.64. The van der Waals surface area contributed by atoms with Crippen molar-refractivity contribution < 1.29 is 13.6 Å². The van der Waals surface area contributed by atoms with Gasteiger partial charge in [-0.1, -0.05) is 6.07 Å². The highest BCUT2D eigenvalue weighted by atomic mass is 19.1. The van der Waals surface area contributed by atoms with Gasteiger partial charge in [0.1, 0.15) is 11.6 Å². The molecule has 1 amide bonds. The van der Waals surface area contributed by atoms with Gasteiger partial charge in [-0.15, -0.1) is 0 Å². The maximum atomic E-state index is 13.6. The van der Waals surface area contributed by atoms with E-state index in [9.17, 15) is 13.6 Å². The molecule has 0 aliphatic carbocycles. The van der Waals surface area contributed by atoms with E-state index < -0.39 is 17.5 Å². The van der Waals surface area contributed by atoms with Crippen molar-refractivity contribution in [1.82, 2.24) is 0 Å². The van der Waals surface area contributed by atoms with Crippen LogP contribution in [0, 0.1) is 23.0 Å². The number of anilines is 1. The number of benzene rings is 2. The zero-order valence-electron chi connectivity index (χ0n) is 10.6.